The molecule has 122 valence electrons. The Kier molecular flexibility index (Phi) is 8.05. The van der Waals surface area contributed by atoms with Crippen molar-refractivity contribution in [2.75, 3.05) is 18.0 Å². The molecule has 0 saturated heterocycles. The molecule has 0 heterocycles. The van der Waals surface area contributed by atoms with Gasteiger partial charge in [0.1, 0.15) is 0 Å². The number of nitrogen functional groups attached to an aromatic ring is 1. The maximum absolute atomic E-state index is 11.9. The van der Waals surface area contributed by atoms with Gasteiger partial charge in [0.05, 0.1) is 5.75 Å². The highest BCUT2D eigenvalue weighted by molar-refractivity contribution is 7.89. The van der Waals surface area contributed by atoms with Crippen LogP contribution in [-0.4, -0.2) is 26.9 Å². The number of rotatable bonds is 7. The monoisotopic (exact) mass is 346 g/mol. The van der Waals surface area contributed by atoms with E-state index in [1.54, 1.807) is 24.3 Å². The van der Waals surface area contributed by atoms with Gasteiger partial charge in [-0.3, -0.25) is 0 Å². The standard InChI is InChI=1S/C12H17F3N2O2S.ClH/c13-12(14,15)7-1-9-20(18,19)17-8-6-10-2-4-11(16)5-3-10;/h2-5,17H,1,6-9,16H2;1H. The van der Waals surface area contributed by atoms with E-state index in [2.05, 4.69) is 4.72 Å². The molecule has 9 heteroatoms. The van der Waals surface area contributed by atoms with E-state index in [9.17, 15) is 21.6 Å². The summed E-state index contributed by atoms with van der Waals surface area (Å²) in [7, 11) is -3.66. The highest BCUT2D eigenvalue weighted by Gasteiger charge is 2.27. The molecular weight excluding hydrogens is 329 g/mol. The topological polar surface area (TPSA) is 72.2 Å². The van der Waals surface area contributed by atoms with Crippen molar-refractivity contribution in [3.8, 4) is 0 Å². The molecule has 0 bridgehead atoms. The first-order valence-electron chi connectivity index (χ1n) is 6.06. The van der Waals surface area contributed by atoms with Gasteiger partial charge in [-0.25, -0.2) is 13.1 Å². The molecule has 1 aromatic carbocycles. The maximum Gasteiger partial charge on any atom is 0.389 e. The number of benzene rings is 1. The van der Waals surface area contributed by atoms with Crippen LogP contribution in [0.3, 0.4) is 0 Å². The maximum atomic E-state index is 11.9. The fourth-order valence-corrected chi connectivity index (χ4v) is 2.65. The molecule has 0 radical (unpaired) electrons. The summed E-state index contributed by atoms with van der Waals surface area (Å²) >= 11 is 0. The first-order chi connectivity index (χ1) is 9.18. The van der Waals surface area contributed by atoms with Crippen molar-refractivity contribution in [3.63, 3.8) is 0 Å². The molecule has 0 amide bonds. The zero-order valence-electron chi connectivity index (χ0n) is 11.2. The quantitative estimate of drug-likeness (QED) is 0.745. The summed E-state index contributed by atoms with van der Waals surface area (Å²) in [6.45, 7) is 0.151. The smallest absolute Gasteiger partial charge is 0.389 e. The van der Waals surface area contributed by atoms with Gasteiger partial charge in [-0.15, -0.1) is 12.4 Å². The van der Waals surface area contributed by atoms with Crippen LogP contribution in [0.2, 0.25) is 0 Å². The van der Waals surface area contributed by atoms with Crippen LogP contribution >= 0.6 is 12.4 Å². The predicted molar refractivity (Wildman–Crippen MR) is 78.9 cm³/mol. The molecule has 0 saturated carbocycles. The minimum Gasteiger partial charge on any atom is -0.399 e. The van der Waals surface area contributed by atoms with E-state index in [1.165, 1.54) is 0 Å². The Labute approximate surface area is 128 Å². The summed E-state index contributed by atoms with van der Waals surface area (Å²) < 4.78 is 60.9. The predicted octanol–water partition coefficient (Wildman–Crippen LogP) is 2.50. The minimum absolute atomic E-state index is 0. The summed E-state index contributed by atoms with van der Waals surface area (Å²) in [5.74, 6) is -0.520. The summed E-state index contributed by atoms with van der Waals surface area (Å²) in [6, 6.07) is 6.95. The van der Waals surface area contributed by atoms with Gasteiger partial charge in [-0.1, -0.05) is 12.1 Å². The van der Waals surface area contributed by atoms with Crippen LogP contribution < -0.4 is 10.5 Å². The zero-order valence-corrected chi connectivity index (χ0v) is 12.8. The lowest BCUT2D eigenvalue weighted by Crippen LogP contribution is -2.29. The van der Waals surface area contributed by atoms with Crippen molar-refractivity contribution >= 4 is 28.1 Å². The lowest BCUT2D eigenvalue weighted by Gasteiger charge is -2.08. The van der Waals surface area contributed by atoms with Crippen LogP contribution in [0, 0.1) is 0 Å². The second kappa shape index (κ2) is 8.45. The first-order valence-corrected chi connectivity index (χ1v) is 7.72. The van der Waals surface area contributed by atoms with Crippen LogP contribution in [0.25, 0.3) is 0 Å². The van der Waals surface area contributed by atoms with E-state index in [4.69, 9.17) is 5.73 Å². The van der Waals surface area contributed by atoms with Gasteiger partial charge in [-0.05, 0) is 30.5 Å². The molecular formula is C12H18ClF3N2O2S. The fourth-order valence-electron chi connectivity index (χ4n) is 1.57. The second-order valence-corrected chi connectivity index (χ2v) is 6.35. The molecule has 4 nitrogen and oxygen atoms in total. The van der Waals surface area contributed by atoms with Gasteiger partial charge < -0.3 is 5.73 Å². The van der Waals surface area contributed by atoms with Gasteiger partial charge in [0.2, 0.25) is 10.0 Å². The van der Waals surface area contributed by atoms with E-state index < -0.39 is 34.8 Å². The Morgan fingerprint density at radius 1 is 1.14 bits per heavy atom. The second-order valence-electron chi connectivity index (χ2n) is 4.42. The zero-order chi connectivity index (χ0) is 15.2. The third kappa shape index (κ3) is 9.54. The van der Waals surface area contributed by atoms with Crippen molar-refractivity contribution in [1.82, 2.24) is 4.72 Å². The number of alkyl halides is 3. The summed E-state index contributed by atoms with van der Waals surface area (Å²) in [4.78, 5) is 0. The Morgan fingerprint density at radius 3 is 2.24 bits per heavy atom. The van der Waals surface area contributed by atoms with Crippen LogP contribution in [0.5, 0.6) is 0 Å². The summed E-state index contributed by atoms with van der Waals surface area (Å²) in [5, 5.41) is 0. The number of nitrogens with two attached hydrogens (primary N) is 1. The van der Waals surface area contributed by atoms with Crippen LogP contribution in [0.4, 0.5) is 18.9 Å². The van der Waals surface area contributed by atoms with Gasteiger partial charge >= 0.3 is 6.18 Å². The largest absolute Gasteiger partial charge is 0.399 e. The van der Waals surface area contributed by atoms with Crippen molar-refractivity contribution in [2.45, 2.75) is 25.4 Å². The van der Waals surface area contributed by atoms with E-state index in [1.807, 2.05) is 0 Å². The number of anilines is 1. The van der Waals surface area contributed by atoms with E-state index in [0.29, 0.717) is 12.1 Å². The fraction of sp³-hybridized carbons (Fsp3) is 0.500. The molecule has 0 fully saturated rings. The van der Waals surface area contributed by atoms with Crippen molar-refractivity contribution in [3.05, 3.63) is 29.8 Å². The Morgan fingerprint density at radius 2 is 1.71 bits per heavy atom. The number of nitrogens with one attached hydrogen (secondary N) is 1. The van der Waals surface area contributed by atoms with Crippen molar-refractivity contribution in [2.24, 2.45) is 0 Å². The number of hydrogen-bond donors (Lipinski definition) is 2. The molecule has 0 aliphatic rings. The summed E-state index contributed by atoms with van der Waals surface area (Å²) in [5.41, 5.74) is 7.02. The van der Waals surface area contributed by atoms with Gasteiger partial charge in [0, 0.05) is 18.7 Å². The molecule has 0 aliphatic heterocycles. The molecule has 0 spiro atoms. The average molecular weight is 347 g/mol. The molecule has 21 heavy (non-hydrogen) atoms. The molecule has 1 aromatic rings. The van der Waals surface area contributed by atoms with Crippen LogP contribution in [0.15, 0.2) is 24.3 Å². The lowest BCUT2D eigenvalue weighted by molar-refractivity contribution is -0.134. The number of hydrogen-bond acceptors (Lipinski definition) is 3. The van der Waals surface area contributed by atoms with Crippen LogP contribution in [0.1, 0.15) is 18.4 Å². The Hall–Kier alpha value is -0.990. The van der Waals surface area contributed by atoms with E-state index in [0.717, 1.165) is 5.56 Å². The van der Waals surface area contributed by atoms with Gasteiger partial charge in [-0.2, -0.15) is 13.2 Å². The highest BCUT2D eigenvalue weighted by Crippen LogP contribution is 2.21. The molecule has 0 aliphatic carbocycles. The Bertz CT molecular complexity index is 518. The molecule has 0 aromatic heterocycles. The van der Waals surface area contributed by atoms with E-state index in [-0.39, 0.29) is 19.0 Å². The van der Waals surface area contributed by atoms with Crippen molar-refractivity contribution < 1.29 is 21.6 Å². The Balaban J connectivity index is 0.00000400. The highest BCUT2D eigenvalue weighted by atomic mass is 35.5. The lowest BCUT2D eigenvalue weighted by atomic mass is 10.1. The average Bonchev–Trinajstić information content (AvgIpc) is 2.29. The van der Waals surface area contributed by atoms with Gasteiger partial charge in [0.15, 0.2) is 0 Å². The number of halogens is 4. The van der Waals surface area contributed by atoms with Gasteiger partial charge in [0.25, 0.3) is 0 Å². The normalized spacial score (nSPS) is 12.0. The third-order valence-electron chi connectivity index (χ3n) is 2.59. The number of sulfonamides is 1. The molecule has 1 rings (SSSR count). The molecule has 0 unspecified atom stereocenters. The van der Waals surface area contributed by atoms with Crippen molar-refractivity contribution in [1.29, 1.82) is 0 Å². The molecule has 3 N–H and O–H groups in total. The van der Waals surface area contributed by atoms with Crippen LogP contribution in [-0.2, 0) is 16.4 Å². The minimum atomic E-state index is -4.32. The summed E-state index contributed by atoms with van der Waals surface area (Å²) in [6.07, 6.45) is -5.38. The molecule has 0 atom stereocenters. The van der Waals surface area contributed by atoms with E-state index >= 15 is 0 Å². The third-order valence-corrected chi connectivity index (χ3v) is 4.06. The SMILES string of the molecule is Cl.Nc1ccc(CCNS(=O)(=O)CCCC(F)(F)F)cc1. The first kappa shape index (κ1) is 20.0.